The highest BCUT2D eigenvalue weighted by molar-refractivity contribution is 5.03. The molecule has 3 heteroatoms. The van der Waals surface area contributed by atoms with Gasteiger partial charge in [-0.05, 0) is 31.6 Å². The second kappa shape index (κ2) is 4.22. The molecule has 98 valence electrons. The Balaban J connectivity index is 1.50. The highest BCUT2D eigenvalue weighted by Gasteiger charge is 2.49. The van der Waals surface area contributed by atoms with E-state index in [2.05, 4.69) is 4.90 Å². The minimum Gasteiger partial charge on any atom is -0.389 e. The largest absolute Gasteiger partial charge is 0.389 e. The minimum absolute atomic E-state index is 0.425. The molecule has 0 bridgehead atoms. The van der Waals surface area contributed by atoms with Gasteiger partial charge in [-0.2, -0.15) is 0 Å². The number of hydrogen-bond donors (Lipinski definition) is 2. The third-order valence-corrected chi connectivity index (χ3v) is 5.16. The Morgan fingerprint density at radius 1 is 0.941 bits per heavy atom. The van der Waals surface area contributed by atoms with Crippen molar-refractivity contribution in [3.8, 4) is 0 Å². The van der Waals surface area contributed by atoms with Crippen molar-refractivity contribution in [2.75, 3.05) is 19.6 Å². The summed E-state index contributed by atoms with van der Waals surface area (Å²) in [5.41, 5.74) is -0.873. The van der Waals surface area contributed by atoms with Crippen molar-refractivity contribution in [3.05, 3.63) is 0 Å². The average molecular weight is 239 g/mol. The van der Waals surface area contributed by atoms with E-state index in [1.807, 2.05) is 0 Å². The number of rotatable bonds is 3. The second-order valence-corrected chi connectivity index (χ2v) is 6.66. The van der Waals surface area contributed by atoms with Gasteiger partial charge >= 0.3 is 0 Å². The minimum atomic E-state index is -0.447. The molecule has 3 rings (SSSR count). The van der Waals surface area contributed by atoms with Crippen molar-refractivity contribution in [1.82, 2.24) is 4.90 Å². The van der Waals surface area contributed by atoms with Crippen LogP contribution in [0, 0.1) is 5.92 Å². The number of hydrogen-bond acceptors (Lipinski definition) is 3. The fourth-order valence-corrected chi connectivity index (χ4v) is 4.17. The van der Waals surface area contributed by atoms with Crippen LogP contribution in [0.1, 0.15) is 51.4 Å². The van der Waals surface area contributed by atoms with Crippen LogP contribution < -0.4 is 0 Å². The predicted octanol–water partition coefficient (Wildman–Crippen LogP) is 1.53. The molecule has 0 aromatic heterocycles. The van der Waals surface area contributed by atoms with Gasteiger partial charge in [-0.25, -0.2) is 0 Å². The molecule has 0 amide bonds. The molecule has 3 nitrogen and oxygen atoms in total. The van der Waals surface area contributed by atoms with E-state index in [0.29, 0.717) is 5.92 Å². The predicted molar refractivity (Wildman–Crippen MR) is 66.8 cm³/mol. The lowest BCUT2D eigenvalue weighted by Gasteiger charge is -2.51. The Hall–Kier alpha value is -0.120. The van der Waals surface area contributed by atoms with Gasteiger partial charge in [0.25, 0.3) is 0 Å². The van der Waals surface area contributed by atoms with Crippen LogP contribution in [0.15, 0.2) is 0 Å². The third kappa shape index (κ3) is 2.25. The van der Waals surface area contributed by atoms with Crippen molar-refractivity contribution in [1.29, 1.82) is 0 Å². The summed E-state index contributed by atoms with van der Waals surface area (Å²) >= 11 is 0. The van der Waals surface area contributed by atoms with E-state index in [1.54, 1.807) is 0 Å². The Bertz CT molecular complexity index is 274. The van der Waals surface area contributed by atoms with E-state index in [0.717, 1.165) is 45.3 Å². The zero-order chi connectivity index (χ0) is 11.9. The van der Waals surface area contributed by atoms with Gasteiger partial charge in [0.2, 0.25) is 0 Å². The number of β-amino-alcohol motifs (C(OH)–C–C–N with tert-alkyl or cyclic N) is 2. The van der Waals surface area contributed by atoms with E-state index in [9.17, 15) is 10.2 Å². The first-order chi connectivity index (χ1) is 8.10. The molecule has 2 N–H and O–H groups in total. The Labute approximate surface area is 104 Å². The number of aliphatic hydroxyl groups is 2. The molecule has 1 aliphatic heterocycles. The van der Waals surface area contributed by atoms with Gasteiger partial charge in [0, 0.05) is 19.6 Å². The fourth-order valence-electron chi connectivity index (χ4n) is 4.17. The van der Waals surface area contributed by atoms with Crippen molar-refractivity contribution in [3.63, 3.8) is 0 Å². The van der Waals surface area contributed by atoms with Gasteiger partial charge < -0.3 is 10.2 Å². The van der Waals surface area contributed by atoms with Crippen LogP contribution in [-0.2, 0) is 0 Å². The summed E-state index contributed by atoms with van der Waals surface area (Å²) in [4.78, 5) is 2.25. The Morgan fingerprint density at radius 3 is 2.12 bits per heavy atom. The van der Waals surface area contributed by atoms with E-state index in [-0.39, 0.29) is 0 Å². The van der Waals surface area contributed by atoms with E-state index in [1.165, 1.54) is 25.7 Å². The lowest BCUT2D eigenvalue weighted by atomic mass is 9.79. The van der Waals surface area contributed by atoms with Gasteiger partial charge in [0.05, 0.1) is 11.2 Å². The summed E-state index contributed by atoms with van der Waals surface area (Å²) in [5, 5.41) is 20.9. The lowest BCUT2D eigenvalue weighted by molar-refractivity contribution is -0.152. The molecule has 0 aromatic carbocycles. The zero-order valence-electron chi connectivity index (χ0n) is 10.7. The van der Waals surface area contributed by atoms with Crippen LogP contribution in [0.25, 0.3) is 0 Å². The third-order valence-electron chi connectivity index (χ3n) is 5.16. The molecule has 1 heterocycles. The number of nitrogens with zero attached hydrogens (tertiary/aromatic N) is 1. The van der Waals surface area contributed by atoms with E-state index >= 15 is 0 Å². The quantitative estimate of drug-likeness (QED) is 0.785. The van der Waals surface area contributed by atoms with E-state index < -0.39 is 11.2 Å². The average Bonchev–Trinajstić information content (AvgIpc) is 2.86. The molecule has 3 aliphatic rings. The smallest absolute Gasteiger partial charge is 0.0928 e. The zero-order valence-corrected chi connectivity index (χ0v) is 10.7. The molecule has 2 aliphatic carbocycles. The molecule has 17 heavy (non-hydrogen) atoms. The van der Waals surface area contributed by atoms with Gasteiger partial charge in [-0.3, -0.25) is 4.90 Å². The highest BCUT2D eigenvalue weighted by atomic mass is 16.3. The van der Waals surface area contributed by atoms with E-state index in [4.69, 9.17) is 0 Å². The molecule has 3 fully saturated rings. The first kappa shape index (κ1) is 11.9. The SMILES string of the molecule is OC1(CN2CC(O)(C3CCCC3)C2)CCCC1. The maximum absolute atomic E-state index is 10.5. The van der Waals surface area contributed by atoms with Gasteiger partial charge in [0.1, 0.15) is 0 Å². The van der Waals surface area contributed by atoms with Crippen molar-refractivity contribution in [2.45, 2.75) is 62.6 Å². The maximum atomic E-state index is 10.5. The van der Waals surface area contributed by atoms with Crippen molar-refractivity contribution in [2.24, 2.45) is 5.92 Å². The molecule has 0 aromatic rings. The molecule has 0 atom stereocenters. The van der Waals surface area contributed by atoms with Crippen LogP contribution >= 0.6 is 0 Å². The van der Waals surface area contributed by atoms with Crippen LogP contribution in [-0.4, -0.2) is 45.9 Å². The second-order valence-electron chi connectivity index (χ2n) is 6.66. The van der Waals surface area contributed by atoms with Crippen molar-refractivity contribution >= 4 is 0 Å². The van der Waals surface area contributed by atoms with Crippen LogP contribution in [0.3, 0.4) is 0 Å². The Morgan fingerprint density at radius 2 is 1.53 bits per heavy atom. The van der Waals surface area contributed by atoms with Crippen LogP contribution in [0.5, 0.6) is 0 Å². The summed E-state index contributed by atoms with van der Waals surface area (Å²) in [5.74, 6) is 0.525. The van der Waals surface area contributed by atoms with Crippen LogP contribution in [0.2, 0.25) is 0 Å². The first-order valence-electron chi connectivity index (χ1n) is 7.27. The monoisotopic (exact) mass is 239 g/mol. The molecular formula is C14H25NO2. The Kier molecular flexibility index (Phi) is 2.96. The summed E-state index contributed by atoms with van der Waals surface area (Å²) in [6.07, 6.45) is 9.21. The molecular weight excluding hydrogens is 214 g/mol. The summed E-state index contributed by atoms with van der Waals surface area (Å²) < 4.78 is 0. The maximum Gasteiger partial charge on any atom is 0.0928 e. The fraction of sp³-hybridized carbons (Fsp3) is 1.00. The molecule has 0 unspecified atom stereocenters. The highest BCUT2D eigenvalue weighted by Crippen LogP contribution is 2.41. The summed E-state index contributed by atoms with van der Waals surface area (Å²) in [6, 6.07) is 0. The topological polar surface area (TPSA) is 43.7 Å². The first-order valence-corrected chi connectivity index (χ1v) is 7.27. The summed E-state index contributed by atoms with van der Waals surface area (Å²) in [7, 11) is 0. The van der Waals surface area contributed by atoms with Gasteiger partial charge in [-0.1, -0.05) is 25.7 Å². The van der Waals surface area contributed by atoms with Gasteiger partial charge in [-0.15, -0.1) is 0 Å². The normalized spacial score (nSPS) is 32.8. The van der Waals surface area contributed by atoms with Crippen molar-refractivity contribution < 1.29 is 10.2 Å². The lowest BCUT2D eigenvalue weighted by Crippen LogP contribution is -2.67. The standard InChI is InChI=1S/C14H25NO2/c16-13(7-3-4-8-13)9-15-10-14(17,11-15)12-5-1-2-6-12/h12,16-17H,1-11H2. The van der Waals surface area contributed by atoms with Gasteiger partial charge in [0.15, 0.2) is 0 Å². The number of likely N-dealkylation sites (tertiary alicyclic amines) is 1. The molecule has 0 radical (unpaired) electrons. The molecule has 0 spiro atoms. The molecule has 2 saturated carbocycles. The molecule has 1 saturated heterocycles. The summed E-state index contributed by atoms with van der Waals surface area (Å²) in [6.45, 7) is 2.36. The van der Waals surface area contributed by atoms with Crippen LogP contribution in [0.4, 0.5) is 0 Å².